The normalized spacial score (nSPS) is 10.6. The van der Waals surface area contributed by atoms with Gasteiger partial charge in [-0.2, -0.15) is 4.98 Å². The number of aromatic nitrogens is 2. The largest absolute Gasteiger partial charge is 0.388 e. The van der Waals surface area contributed by atoms with Gasteiger partial charge in [0.25, 0.3) is 5.89 Å². The van der Waals surface area contributed by atoms with Crippen molar-refractivity contribution in [1.82, 2.24) is 10.1 Å². The summed E-state index contributed by atoms with van der Waals surface area (Å²) in [4.78, 5) is 3.87. The average Bonchev–Trinajstić information content (AvgIpc) is 2.64. The number of aliphatic hydroxyl groups excluding tert-OH is 1. The predicted octanol–water partition coefficient (Wildman–Crippen LogP) is 2.13. The average molecular weight is 273 g/mol. The summed E-state index contributed by atoms with van der Waals surface area (Å²) >= 11 is 3.15. The van der Waals surface area contributed by atoms with E-state index >= 15 is 0 Å². The molecule has 4 nitrogen and oxygen atoms in total. The zero-order valence-electron chi connectivity index (χ0n) is 7.44. The molecule has 0 saturated heterocycles. The molecule has 0 aliphatic heterocycles. The molecule has 1 aromatic carbocycles. The zero-order chi connectivity index (χ0) is 10.8. The van der Waals surface area contributed by atoms with E-state index in [1.54, 1.807) is 6.07 Å². The molecule has 0 bridgehead atoms. The molecule has 6 heteroatoms. The van der Waals surface area contributed by atoms with Crippen LogP contribution in [0.5, 0.6) is 0 Å². The van der Waals surface area contributed by atoms with Gasteiger partial charge in [0.1, 0.15) is 12.4 Å². The maximum Gasteiger partial charge on any atom is 0.258 e. The lowest BCUT2D eigenvalue weighted by Gasteiger charge is -1.96. The Morgan fingerprint density at radius 3 is 2.80 bits per heavy atom. The van der Waals surface area contributed by atoms with Gasteiger partial charge >= 0.3 is 0 Å². The quantitative estimate of drug-likeness (QED) is 0.910. The van der Waals surface area contributed by atoms with Crippen LogP contribution < -0.4 is 0 Å². The van der Waals surface area contributed by atoms with Crippen molar-refractivity contribution in [2.45, 2.75) is 6.61 Å². The summed E-state index contributed by atoms with van der Waals surface area (Å²) in [5, 5.41) is 12.2. The first-order valence-electron chi connectivity index (χ1n) is 4.09. The Morgan fingerprint density at radius 2 is 2.20 bits per heavy atom. The molecule has 1 aromatic heterocycles. The second kappa shape index (κ2) is 4.08. The fraction of sp³-hybridized carbons (Fsp3) is 0.111. The van der Waals surface area contributed by atoms with Gasteiger partial charge in [0.05, 0.1) is 0 Å². The molecular weight excluding hydrogens is 267 g/mol. The molecule has 0 fully saturated rings. The van der Waals surface area contributed by atoms with E-state index in [-0.39, 0.29) is 18.3 Å². The Balaban J connectivity index is 2.44. The van der Waals surface area contributed by atoms with Gasteiger partial charge in [-0.1, -0.05) is 21.1 Å². The number of nitrogens with zero attached hydrogens (tertiary/aromatic N) is 2. The Hall–Kier alpha value is -1.27. The van der Waals surface area contributed by atoms with E-state index in [1.165, 1.54) is 12.1 Å². The van der Waals surface area contributed by atoms with Crippen LogP contribution in [-0.2, 0) is 6.61 Å². The van der Waals surface area contributed by atoms with Crippen LogP contribution >= 0.6 is 15.9 Å². The van der Waals surface area contributed by atoms with Crippen molar-refractivity contribution >= 4 is 15.9 Å². The molecule has 2 rings (SSSR count). The first-order chi connectivity index (χ1) is 7.19. The van der Waals surface area contributed by atoms with Crippen LogP contribution in [0.3, 0.4) is 0 Å². The molecule has 0 aliphatic carbocycles. The maximum atomic E-state index is 13.0. The van der Waals surface area contributed by atoms with Gasteiger partial charge in [-0.15, -0.1) is 0 Å². The molecule has 0 aliphatic rings. The highest BCUT2D eigenvalue weighted by Crippen LogP contribution is 2.23. The van der Waals surface area contributed by atoms with E-state index in [9.17, 15) is 4.39 Å². The molecule has 2 aromatic rings. The van der Waals surface area contributed by atoms with Gasteiger partial charge in [0, 0.05) is 10.0 Å². The van der Waals surface area contributed by atoms with Crippen LogP contribution in [-0.4, -0.2) is 15.2 Å². The van der Waals surface area contributed by atoms with Crippen LogP contribution in [0.15, 0.2) is 27.2 Å². The topological polar surface area (TPSA) is 59.2 Å². The molecule has 15 heavy (non-hydrogen) atoms. The van der Waals surface area contributed by atoms with Gasteiger partial charge in [0.15, 0.2) is 5.82 Å². The summed E-state index contributed by atoms with van der Waals surface area (Å²) in [6.45, 7) is -0.306. The van der Waals surface area contributed by atoms with Crippen LogP contribution in [0, 0.1) is 5.82 Å². The summed E-state index contributed by atoms with van der Waals surface area (Å²) in [7, 11) is 0. The van der Waals surface area contributed by atoms with Crippen molar-refractivity contribution in [2.24, 2.45) is 0 Å². The van der Waals surface area contributed by atoms with Gasteiger partial charge in [-0.05, 0) is 18.2 Å². The standard InChI is InChI=1S/C9H6BrFN2O2/c10-6-1-5(2-7(11)3-6)9-12-8(4-14)13-15-9/h1-3,14H,4H2. The number of benzene rings is 1. The van der Waals surface area contributed by atoms with Crippen molar-refractivity contribution in [2.75, 3.05) is 0 Å². The number of rotatable bonds is 2. The fourth-order valence-electron chi connectivity index (χ4n) is 1.11. The summed E-state index contributed by atoms with van der Waals surface area (Å²) in [6, 6.07) is 4.25. The molecule has 0 spiro atoms. The highest BCUT2D eigenvalue weighted by atomic mass is 79.9. The van der Waals surface area contributed by atoms with Crippen LogP contribution in [0.1, 0.15) is 5.82 Å². The number of aliphatic hydroxyl groups is 1. The van der Waals surface area contributed by atoms with E-state index in [0.29, 0.717) is 10.0 Å². The Kier molecular flexibility index (Phi) is 2.79. The molecule has 1 N–H and O–H groups in total. The van der Waals surface area contributed by atoms with Gasteiger partial charge in [-0.25, -0.2) is 4.39 Å². The summed E-state index contributed by atoms with van der Waals surface area (Å²) < 4.78 is 18.5. The molecule has 0 atom stereocenters. The van der Waals surface area contributed by atoms with Gasteiger partial charge in [-0.3, -0.25) is 0 Å². The number of hydrogen-bond acceptors (Lipinski definition) is 4. The van der Waals surface area contributed by atoms with Crippen molar-refractivity contribution in [3.63, 3.8) is 0 Å². The Morgan fingerprint density at radius 1 is 1.40 bits per heavy atom. The van der Waals surface area contributed by atoms with Crippen molar-refractivity contribution in [3.8, 4) is 11.5 Å². The van der Waals surface area contributed by atoms with Crippen molar-refractivity contribution in [1.29, 1.82) is 0 Å². The predicted molar refractivity (Wildman–Crippen MR) is 53.3 cm³/mol. The fourth-order valence-corrected chi connectivity index (χ4v) is 1.58. The van der Waals surface area contributed by atoms with Crippen LogP contribution in [0.25, 0.3) is 11.5 Å². The second-order valence-electron chi connectivity index (χ2n) is 2.83. The molecular formula is C9H6BrFN2O2. The molecule has 1 heterocycles. The van der Waals surface area contributed by atoms with E-state index in [4.69, 9.17) is 9.63 Å². The third-order valence-electron chi connectivity index (χ3n) is 1.72. The van der Waals surface area contributed by atoms with E-state index in [0.717, 1.165) is 0 Å². The Bertz CT molecular complexity index is 466. The number of halogens is 2. The second-order valence-corrected chi connectivity index (χ2v) is 3.75. The minimum absolute atomic E-state index is 0.172. The highest BCUT2D eigenvalue weighted by molar-refractivity contribution is 9.10. The Labute approximate surface area is 92.9 Å². The third-order valence-corrected chi connectivity index (χ3v) is 2.18. The smallest absolute Gasteiger partial charge is 0.258 e. The minimum Gasteiger partial charge on any atom is -0.388 e. The summed E-state index contributed by atoms with van der Waals surface area (Å²) in [5.74, 6) is -0.0484. The third kappa shape index (κ3) is 2.21. The van der Waals surface area contributed by atoms with Gasteiger partial charge in [0.2, 0.25) is 0 Å². The molecule has 78 valence electrons. The van der Waals surface area contributed by atoms with Crippen molar-refractivity contribution in [3.05, 3.63) is 34.3 Å². The zero-order valence-corrected chi connectivity index (χ0v) is 9.03. The molecule has 0 saturated carbocycles. The van der Waals surface area contributed by atoms with E-state index in [1.807, 2.05) is 0 Å². The van der Waals surface area contributed by atoms with E-state index < -0.39 is 5.82 Å². The molecule has 0 unspecified atom stereocenters. The first kappa shape index (κ1) is 10.3. The maximum absolute atomic E-state index is 13.0. The highest BCUT2D eigenvalue weighted by Gasteiger charge is 2.09. The van der Waals surface area contributed by atoms with Crippen LogP contribution in [0.2, 0.25) is 0 Å². The monoisotopic (exact) mass is 272 g/mol. The molecule has 0 amide bonds. The van der Waals surface area contributed by atoms with Crippen LogP contribution in [0.4, 0.5) is 4.39 Å². The van der Waals surface area contributed by atoms with E-state index in [2.05, 4.69) is 26.1 Å². The lowest BCUT2D eigenvalue weighted by molar-refractivity contribution is 0.264. The lowest BCUT2D eigenvalue weighted by Crippen LogP contribution is -1.85. The minimum atomic E-state index is -0.400. The summed E-state index contributed by atoms with van der Waals surface area (Å²) in [6.07, 6.45) is 0. The summed E-state index contributed by atoms with van der Waals surface area (Å²) in [5.41, 5.74) is 0.467. The first-order valence-corrected chi connectivity index (χ1v) is 4.88. The lowest BCUT2D eigenvalue weighted by atomic mass is 10.2. The SMILES string of the molecule is OCc1noc(-c2cc(F)cc(Br)c2)n1. The number of hydrogen-bond donors (Lipinski definition) is 1. The molecule has 0 radical (unpaired) electrons. The van der Waals surface area contributed by atoms with Gasteiger partial charge < -0.3 is 9.63 Å². The van der Waals surface area contributed by atoms with Crippen molar-refractivity contribution < 1.29 is 14.0 Å².